The molecule has 0 amide bonds. The van der Waals surface area contributed by atoms with E-state index in [2.05, 4.69) is 30.6 Å². The first-order chi connectivity index (χ1) is 47.8. The zero-order chi connectivity index (χ0) is 68.1. The fraction of sp³-hybridized carbons (Fsp3) is 0.865. The minimum Gasteiger partial charge on any atom is -0.390 e. The molecule has 31 aliphatic carbocycles. The Morgan fingerprint density at radius 1 is 0.420 bits per heavy atom. The van der Waals surface area contributed by atoms with Gasteiger partial charge in [-0.1, -0.05) is 47.0 Å². The first kappa shape index (κ1) is 67.8. The summed E-state index contributed by atoms with van der Waals surface area (Å²) < 4.78 is -1.05. The molecule has 0 aliphatic heterocycles. The van der Waals surface area contributed by atoms with Gasteiger partial charge in [0.25, 0.3) is 0 Å². The number of nitrogens with zero attached hydrogens (tertiary/aromatic N) is 1. The Labute approximate surface area is 619 Å². The normalized spacial score (nSPS) is 54.2. The van der Waals surface area contributed by atoms with E-state index in [9.17, 15) is 24.6 Å². The van der Waals surface area contributed by atoms with Crippen LogP contribution in [-0.4, -0.2) is 52.6 Å². The van der Waals surface area contributed by atoms with E-state index in [1.807, 2.05) is 12.1 Å². The maximum Gasteiger partial charge on any atom is 0.182 e. The van der Waals surface area contributed by atoms with Crippen LogP contribution in [0, 0.1) is 182 Å². The van der Waals surface area contributed by atoms with Crippen molar-refractivity contribution in [3.05, 3.63) is 41.1 Å². The van der Waals surface area contributed by atoms with Crippen LogP contribution in [-0.2, 0) is 20.0 Å². The number of allylic oxidation sites excluding steroid dienone is 1. The van der Waals surface area contributed by atoms with Crippen LogP contribution >= 0.6 is 46.4 Å². The average Bonchev–Trinajstić information content (AvgIpc) is 0.717. The molecule has 2 aromatic rings. The minimum atomic E-state index is -1.05. The molecule has 0 saturated heterocycles. The van der Waals surface area contributed by atoms with Gasteiger partial charge in [-0.15, -0.1) is 11.6 Å². The molecule has 11 heteroatoms. The number of hydrogen-bond donors (Lipinski definition) is 3. The number of aromatic nitrogens is 2. The SMILES string of the molecule is C=C1C2CC3CC(C2)CC1C3.CC1(Cl)C2CC3CC(C2)CC1C3.CC1(O)C2CC3CC(C2)CC1C3.O=C1C2CC3CC(C2)CC1C3.O=C1CC2(C1)C1CC3CC(C1)CC2C3.O=C1CC2(C3CC4CC(C3)CC2C4)C1(Cl)Cl.OC1(c2cc(Cl)cc3cn[nH]c23)CC2(C1)C1CC3CC(C1)CC2C3. The summed E-state index contributed by atoms with van der Waals surface area (Å²) in [4.78, 5) is 34.7. The van der Waals surface area contributed by atoms with E-state index in [1.54, 1.807) is 18.2 Å². The molecule has 546 valence electrons. The summed E-state index contributed by atoms with van der Waals surface area (Å²) in [6, 6.07) is 3.87. The summed E-state index contributed by atoms with van der Waals surface area (Å²) in [5.41, 5.74) is 3.43. The van der Waals surface area contributed by atoms with Crippen molar-refractivity contribution in [2.45, 2.75) is 291 Å². The van der Waals surface area contributed by atoms with E-state index in [4.69, 9.17) is 46.4 Å². The van der Waals surface area contributed by atoms with Crippen molar-refractivity contribution in [3.63, 3.8) is 0 Å². The fourth-order valence-electron chi connectivity index (χ4n) is 33.8. The summed E-state index contributed by atoms with van der Waals surface area (Å²) in [7, 11) is 0. The predicted molar refractivity (Wildman–Crippen MR) is 398 cm³/mol. The van der Waals surface area contributed by atoms with Crippen LogP contribution in [0.5, 0.6) is 0 Å². The lowest BCUT2D eigenvalue weighted by Crippen LogP contribution is -2.69. The van der Waals surface area contributed by atoms with Gasteiger partial charge in [-0.3, -0.25) is 19.5 Å². The largest absolute Gasteiger partial charge is 0.390 e. The molecule has 31 saturated carbocycles. The molecule has 3 spiro atoms. The lowest BCUT2D eigenvalue weighted by Gasteiger charge is -2.69. The van der Waals surface area contributed by atoms with Crippen LogP contribution in [0.1, 0.15) is 276 Å². The quantitative estimate of drug-likeness (QED) is 0.193. The van der Waals surface area contributed by atoms with Crippen LogP contribution in [0.3, 0.4) is 0 Å². The number of rotatable bonds is 1. The molecule has 31 fully saturated rings. The summed E-state index contributed by atoms with van der Waals surface area (Å²) in [5.74, 6) is 26.1. The lowest BCUT2D eigenvalue weighted by molar-refractivity contribution is -0.240. The Morgan fingerprint density at radius 3 is 1.11 bits per heavy atom. The van der Waals surface area contributed by atoms with Gasteiger partial charge in [-0.25, -0.2) is 0 Å². The zero-order valence-electron chi connectivity index (χ0n) is 61.0. The van der Waals surface area contributed by atoms with E-state index in [0.29, 0.717) is 69.3 Å². The molecule has 33 rings (SSSR count). The third kappa shape index (κ3) is 10.9. The first-order valence-corrected chi connectivity index (χ1v) is 44.3. The highest BCUT2D eigenvalue weighted by Gasteiger charge is 2.74. The maximum atomic E-state index is 11.7. The third-order valence-corrected chi connectivity index (χ3v) is 39.4. The van der Waals surface area contributed by atoms with Crippen LogP contribution < -0.4 is 0 Å². The van der Waals surface area contributed by atoms with Gasteiger partial charge in [0.05, 0.1) is 22.9 Å². The summed E-state index contributed by atoms with van der Waals surface area (Å²) in [6.45, 7) is 8.63. The van der Waals surface area contributed by atoms with Gasteiger partial charge < -0.3 is 10.2 Å². The standard InChI is InChI=1S/C20H23ClN2O.C13H16Cl2O.C13H18O.C11H17Cl.C11H18O.C11H16.C10H14O/c21-16-6-13-8-22-23-18(13)17(7-16)20(24)9-19(10-20)14-2-11-1-12(4-14)5-15(19)3-11;14-13(15)11(16)6-12(13)9-2-7-1-8(4-9)5-10(12)3-7;14-12-6-13(7-12)10-2-8-1-9(4-10)5-11(13)3-8;2*1-11(12)9-3-7-2-8(5-9)6-10(11)4-7;1-7-10-3-8-2-9(5-10)6-11(7)4-8;11-10-8-2-6-1-7(4-8)5-9(10)3-6/h6-8,11-12,14-15,24H,1-5,9-10H2,(H,22,23);7-10H,1-6H2;8-11H,1-7H2;7-10H,2-6H2,1H3;7-10,12H,2-6H2,1H3;8-11H,1-6H2;6-9H,1-5H2. The number of benzene rings is 1. The molecule has 1 aromatic carbocycles. The zero-order valence-corrected chi connectivity index (χ0v) is 64.0. The van der Waals surface area contributed by atoms with Gasteiger partial charge in [0.15, 0.2) is 10.1 Å². The number of hydrogen-bond acceptors (Lipinski definition) is 6. The van der Waals surface area contributed by atoms with E-state index in [-0.39, 0.29) is 21.7 Å². The molecule has 3 N–H and O–H groups in total. The van der Waals surface area contributed by atoms with Crippen LogP contribution in [0.15, 0.2) is 30.5 Å². The summed E-state index contributed by atoms with van der Waals surface area (Å²) >= 11 is 25.7. The number of aliphatic hydroxyl groups is 2. The number of alkyl halides is 3. The molecule has 1 aromatic heterocycles. The highest BCUT2D eigenvalue weighted by molar-refractivity contribution is 6.61. The highest BCUT2D eigenvalue weighted by Crippen LogP contribution is 2.76. The smallest absolute Gasteiger partial charge is 0.182 e. The monoisotopic (exact) mass is 1440 g/mol. The second kappa shape index (κ2) is 24.3. The summed E-state index contributed by atoms with van der Waals surface area (Å²) in [5, 5.41) is 30.7. The number of nitrogens with one attached hydrogen (secondary N) is 1. The van der Waals surface area contributed by atoms with Gasteiger partial charge in [-0.2, -0.15) is 5.10 Å². The van der Waals surface area contributed by atoms with E-state index < -0.39 is 9.93 Å². The fourth-order valence-corrected chi connectivity index (χ4v) is 35.3. The van der Waals surface area contributed by atoms with E-state index >= 15 is 0 Å². The molecule has 100 heavy (non-hydrogen) atoms. The molecule has 0 atom stereocenters. The number of carbonyl (C=O) groups excluding carboxylic acids is 3. The minimum absolute atomic E-state index is 0.0272. The Bertz CT molecular complexity index is 3260. The van der Waals surface area contributed by atoms with Gasteiger partial charge in [-0.05, 0) is 428 Å². The van der Waals surface area contributed by atoms with E-state index in [0.717, 1.165) is 172 Å². The number of ketones is 3. The molecule has 28 bridgehead atoms. The Balaban J connectivity index is 0.0000000802. The van der Waals surface area contributed by atoms with Crippen LogP contribution in [0.2, 0.25) is 5.02 Å². The van der Waals surface area contributed by atoms with E-state index in [1.165, 1.54) is 218 Å². The second-order valence-electron chi connectivity index (χ2n) is 42.7. The molecular weight excluding hydrogens is 1320 g/mol. The maximum absolute atomic E-state index is 11.7. The summed E-state index contributed by atoms with van der Waals surface area (Å²) in [6.07, 6.45) is 55.3. The Kier molecular flexibility index (Phi) is 16.5. The van der Waals surface area contributed by atoms with Gasteiger partial charge >= 0.3 is 0 Å². The van der Waals surface area contributed by atoms with Crippen LogP contribution in [0.4, 0.5) is 0 Å². The van der Waals surface area contributed by atoms with Crippen molar-refractivity contribution in [1.82, 2.24) is 10.2 Å². The van der Waals surface area contributed by atoms with Crippen molar-refractivity contribution in [2.24, 2.45) is 182 Å². The van der Waals surface area contributed by atoms with Crippen LogP contribution in [0.25, 0.3) is 10.9 Å². The highest BCUT2D eigenvalue weighted by atomic mass is 35.5. The molecule has 7 nitrogen and oxygen atoms in total. The second-order valence-corrected chi connectivity index (χ2v) is 45.3. The first-order valence-electron chi connectivity index (χ1n) is 42.7. The Morgan fingerprint density at radius 2 is 0.750 bits per heavy atom. The molecule has 0 unspecified atom stereocenters. The molecular formula is C89H122Cl4N2O5. The number of carbonyl (C=O) groups is 3. The van der Waals surface area contributed by atoms with Gasteiger partial charge in [0.1, 0.15) is 11.6 Å². The number of H-pyrrole nitrogens is 1. The molecule has 0 radical (unpaired) electrons. The average molecular weight is 1440 g/mol. The molecule has 1 heterocycles. The number of halogens is 4. The number of Topliss-reactive ketones (excluding diaryl/α,β-unsaturated/α-hetero) is 3. The van der Waals surface area contributed by atoms with Gasteiger partial charge in [0.2, 0.25) is 0 Å². The van der Waals surface area contributed by atoms with Crippen molar-refractivity contribution in [3.8, 4) is 0 Å². The third-order valence-electron chi connectivity index (χ3n) is 37.5. The lowest BCUT2D eigenvalue weighted by atomic mass is 9.36. The van der Waals surface area contributed by atoms with Crippen molar-refractivity contribution < 1.29 is 24.6 Å². The topological polar surface area (TPSA) is 120 Å². The Hall–Kier alpha value is -1.48. The predicted octanol–water partition coefficient (Wildman–Crippen LogP) is 21.7. The van der Waals surface area contributed by atoms with Crippen molar-refractivity contribution in [1.29, 1.82) is 0 Å². The van der Waals surface area contributed by atoms with Gasteiger partial charge in [0, 0.05) is 57.4 Å². The molecule has 31 aliphatic rings. The van der Waals surface area contributed by atoms with Crippen molar-refractivity contribution >= 4 is 74.7 Å². The number of aromatic amines is 1. The van der Waals surface area contributed by atoms with Crippen molar-refractivity contribution in [2.75, 3.05) is 0 Å². The number of fused-ring (bicyclic) bond motifs is 1.